The van der Waals surface area contributed by atoms with Crippen LogP contribution in [0.2, 0.25) is 0 Å². The molecule has 0 aromatic carbocycles. The number of rotatable bonds is 4. The lowest BCUT2D eigenvalue weighted by Gasteiger charge is -2.10. The van der Waals surface area contributed by atoms with E-state index >= 15 is 0 Å². The number of carbonyl (C=O) groups is 2. The van der Waals surface area contributed by atoms with Crippen LogP contribution in [-0.4, -0.2) is 36.4 Å². The summed E-state index contributed by atoms with van der Waals surface area (Å²) in [5.74, 6) is -0.00558. The minimum atomic E-state index is -0.257. The van der Waals surface area contributed by atoms with Gasteiger partial charge in [-0.1, -0.05) is 11.3 Å². The zero-order valence-corrected chi connectivity index (χ0v) is 10.8. The second-order valence-corrected chi connectivity index (χ2v) is 5.00. The Labute approximate surface area is 108 Å². The molecule has 0 aliphatic carbocycles. The number of amides is 2. The van der Waals surface area contributed by atoms with Gasteiger partial charge in [-0.05, 0) is 6.42 Å². The van der Waals surface area contributed by atoms with Gasteiger partial charge >= 0.3 is 0 Å². The van der Waals surface area contributed by atoms with E-state index in [-0.39, 0.29) is 23.7 Å². The second kappa shape index (κ2) is 5.21. The van der Waals surface area contributed by atoms with E-state index in [1.165, 1.54) is 11.3 Å². The lowest BCUT2D eigenvalue weighted by atomic mass is 10.2. The van der Waals surface area contributed by atoms with Crippen molar-refractivity contribution in [3.05, 3.63) is 4.88 Å². The molecule has 2 amide bonds. The summed E-state index contributed by atoms with van der Waals surface area (Å²) in [7, 11) is 1.72. The maximum absolute atomic E-state index is 11.9. The lowest BCUT2D eigenvalue weighted by molar-refractivity contribution is -0.119. The molecule has 2 rings (SSSR count). The molecule has 8 heteroatoms. The first-order valence-corrected chi connectivity index (χ1v) is 6.43. The quantitative estimate of drug-likeness (QED) is 0.604. The van der Waals surface area contributed by atoms with Crippen LogP contribution in [0.25, 0.3) is 0 Å². The summed E-state index contributed by atoms with van der Waals surface area (Å²) in [6.07, 6.45) is 1.27. The maximum Gasteiger partial charge on any atom is 0.265 e. The minimum absolute atomic E-state index is 0.0133. The predicted molar refractivity (Wildman–Crippen MR) is 69.6 cm³/mol. The highest BCUT2D eigenvalue weighted by atomic mass is 32.1. The molecule has 0 bridgehead atoms. The van der Waals surface area contributed by atoms with Gasteiger partial charge in [0.2, 0.25) is 5.91 Å². The lowest BCUT2D eigenvalue weighted by Crippen LogP contribution is -2.38. The predicted octanol–water partition coefficient (Wildman–Crippen LogP) is -0.225. The van der Waals surface area contributed by atoms with Crippen molar-refractivity contribution in [3.8, 4) is 0 Å². The third-order valence-electron chi connectivity index (χ3n) is 2.67. The van der Waals surface area contributed by atoms with Crippen molar-refractivity contribution in [2.24, 2.45) is 0 Å². The van der Waals surface area contributed by atoms with Crippen LogP contribution in [0.15, 0.2) is 0 Å². The Kier molecular flexibility index (Phi) is 3.66. The van der Waals surface area contributed by atoms with Crippen molar-refractivity contribution in [1.29, 1.82) is 0 Å². The standard InChI is InChI=1S/C10H15N5O2S/c1-12-10-15-8(11)7(18-10)9(17)13-4-5-2-3-6(16)14-5/h5H,2-4,11H2,1H3,(H,12,15)(H,13,17)(H,14,16). The molecule has 1 aliphatic heterocycles. The van der Waals surface area contributed by atoms with Gasteiger partial charge in [0.15, 0.2) is 5.13 Å². The summed E-state index contributed by atoms with van der Waals surface area (Å²) >= 11 is 1.20. The topological polar surface area (TPSA) is 109 Å². The highest BCUT2D eigenvalue weighted by molar-refractivity contribution is 7.18. The normalized spacial score (nSPS) is 18.5. The Morgan fingerprint density at radius 2 is 2.44 bits per heavy atom. The number of hydrogen-bond donors (Lipinski definition) is 4. The molecule has 18 heavy (non-hydrogen) atoms. The number of carbonyl (C=O) groups excluding carboxylic acids is 2. The van der Waals surface area contributed by atoms with Crippen LogP contribution >= 0.6 is 11.3 Å². The fourth-order valence-corrected chi connectivity index (χ4v) is 2.48. The summed E-state index contributed by atoms with van der Waals surface area (Å²) in [5.41, 5.74) is 5.65. The Balaban J connectivity index is 1.91. The Morgan fingerprint density at radius 3 is 3.00 bits per heavy atom. The first-order valence-electron chi connectivity index (χ1n) is 5.61. The van der Waals surface area contributed by atoms with E-state index in [9.17, 15) is 9.59 Å². The number of aromatic nitrogens is 1. The van der Waals surface area contributed by atoms with Gasteiger partial charge in [-0.2, -0.15) is 0 Å². The largest absolute Gasteiger partial charge is 0.382 e. The molecule has 5 N–H and O–H groups in total. The maximum atomic E-state index is 11.9. The zero-order valence-electron chi connectivity index (χ0n) is 9.95. The van der Waals surface area contributed by atoms with Gasteiger partial charge < -0.3 is 21.7 Å². The van der Waals surface area contributed by atoms with Gasteiger partial charge in [0.1, 0.15) is 10.7 Å². The second-order valence-electron chi connectivity index (χ2n) is 4.00. The number of thiazole rings is 1. The van der Waals surface area contributed by atoms with Gasteiger partial charge in [-0.15, -0.1) is 0 Å². The van der Waals surface area contributed by atoms with Crippen molar-refractivity contribution < 1.29 is 9.59 Å². The molecule has 1 atom stereocenters. The molecular weight excluding hydrogens is 254 g/mol. The van der Waals surface area contributed by atoms with E-state index in [1.54, 1.807) is 7.05 Å². The average molecular weight is 269 g/mol. The van der Waals surface area contributed by atoms with E-state index in [2.05, 4.69) is 20.9 Å². The molecule has 1 aliphatic rings. The highest BCUT2D eigenvalue weighted by Crippen LogP contribution is 2.24. The monoisotopic (exact) mass is 269 g/mol. The molecule has 1 aromatic rings. The smallest absolute Gasteiger partial charge is 0.265 e. The summed E-state index contributed by atoms with van der Waals surface area (Å²) in [6.45, 7) is 0.413. The molecule has 0 saturated carbocycles. The number of nitrogens with zero attached hydrogens (tertiary/aromatic N) is 1. The molecule has 2 heterocycles. The fourth-order valence-electron chi connectivity index (χ4n) is 1.73. The number of nitrogens with one attached hydrogen (secondary N) is 3. The highest BCUT2D eigenvalue weighted by Gasteiger charge is 2.22. The van der Waals surface area contributed by atoms with Crippen molar-refractivity contribution >= 4 is 34.1 Å². The van der Waals surface area contributed by atoms with Gasteiger partial charge in [0.25, 0.3) is 5.91 Å². The molecule has 0 spiro atoms. The molecule has 1 saturated heterocycles. The fraction of sp³-hybridized carbons (Fsp3) is 0.500. The molecular formula is C10H15N5O2S. The Hall–Kier alpha value is -1.83. The SMILES string of the molecule is CNc1nc(N)c(C(=O)NCC2CCC(=O)N2)s1. The Morgan fingerprint density at radius 1 is 1.67 bits per heavy atom. The molecule has 1 aromatic heterocycles. The first kappa shape index (κ1) is 12.6. The van der Waals surface area contributed by atoms with Crippen LogP contribution in [0.4, 0.5) is 10.9 Å². The van der Waals surface area contributed by atoms with Gasteiger partial charge in [0, 0.05) is 26.1 Å². The van der Waals surface area contributed by atoms with E-state index in [0.717, 1.165) is 6.42 Å². The van der Waals surface area contributed by atoms with Gasteiger partial charge in [0.05, 0.1) is 0 Å². The van der Waals surface area contributed by atoms with E-state index in [1.807, 2.05) is 0 Å². The number of anilines is 2. The summed E-state index contributed by atoms with van der Waals surface area (Å²) in [6, 6.07) is 0.0133. The number of nitrogen functional groups attached to an aromatic ring is 1. The van der Waals surface area contributed by atoms with E-state index in [0.29, 0.717) is 23.0 Å². The van der Waals surface area contributed by atoms with E-state index < -0.39 is 0 Å². The van der Waals surface area contributed by atoms with Crippen LogP contribution in [0.1, 0.15) is 22.5 Å². The van der Waals surface area contributed by atoms with Crippen LogP contribution in [0.3, 0.4) is 0 Å². The van der Waals surface area contributed by atoms with Crippen molar-refractivity contribution in [3.63, 3.8) is 0 Å². The third kappa shape index (κ3) is 2.70. The average Bonchev–Trinajstić information content (AvgIpc) is 2.92. The summed E-state index contributed by atoms with van der Waals surface area (Å²) in [4.78, 5) is 27.3. The van der Waals surface area contributed by atoms with E-state index in [4.69, 9.17) is 5.73 Å². The third-order valence-corrected chi connectivity index (χ3v) is 3.75. The molecule has 98 valence electrons. The molecule has 1 fully saturated rings. The van der Waals surface area contributed by atoms with Crippen LogP contribution in [-0.2, 0) is 4.79 Å². The van der Waals surface area contributed by atoms with Crippen LogP contribution in [0, 0.1) is 0 Å². The number of nitrogens with two attached hydrogens (primary N) is 1. The van der Waals surface area contributed by atoms with Gasteiger partial charge in [-0.25, -0.2) is 4.98 Å². The zero-order chi connectivity index (χ0) is 13.1. The Bertz CT molecular complexity index is 473. The van der Waals surface area contributed by atoms with Gasteiger partial charge in [-0.3, -0.25) is 9.59 Å². The van der Waals surface area contributed by atoms with Crippen molar-refractivity contribution in [1.82, 2.24) is 15.6 Å². The minimum Gasteiger partial charge on any atom is -0.382 e. The summed E-state index contributed by atoms with van der Waals surface area (Å²) in [5, 5.41) is 8.97. The molecule has 0 radical (unpaired) electrons. The molecule has 7 nitrogen and oxygen atoms in total. The van der Waals surface area contributed by atoms with Crippen molar-refractivity contribution in [2.75, 3.05) is 24.6 Å². The first-order chi connectivity index (χ1) is 8.60. The number of hydrogen-bond acceptors (Lipinski definition) is 6. The van der Waals surface area contributed by atoms with Crippen molar-refractivity contribution in [2.45, 2.75) is 18.9 Å². The van der Waals surface area contributed by atoms with Crippen LogP contribution in [0.5, 0.6) is 0 Å². The molecule has 1 unspecified atom stereocenters. The summed E-state index contributed by atoms with van der Waals surface area (Å²) < 4.78 is 0. The van der Waals surface area contributed by atoms with Crippen LogP contribution < -0.4 is 21.7 Å².